The van der Waals surface area contributed by atoms with Crippen molar-refractivity contribution in [2.24, 2.45) is 0 Å². The van der Waals surface area contributed by atoms with E-state index in [2.05, 4.69) is 26.2 Å². The third-order valence-corrected chi connectivity index (χ3v) is 3.18. The molecular weight excluding hydrogens is 247 g/mol. The molecule has 1 aromatic rings. The lowest BCUT2D eigenvalue weighted by Crippen LogP contribution is -2.24. The van der Waals surface area contributed by atoms with Crippen molar-refractivity contribution in [1.29, 1.82) is 0 Å². The Balaban J connectivity index is 2.07. The van der Waals surface area contributed by atoms with Gasteiger partial charge >= 0.3 is 0 Å². The summed E-state index contributed by atoms with van der Waals surface area (Å²) >= 11 is 3.38. The van der Waals surface area contributed by atoms with Gasteiger partial charge in [0.05, 0.1) is 16.2 Å². The lowest BCUT2D eigenvalue weighted by molar-refractivity contribution is 0.323. The maximum absolute atomic E-state index is 13.3. The van der Waals surface area contributed by atoms with E-state index < -0.39 is 6.17 Å². The number of nitrogens with zero attached hydrogens (tertiary/aromatic N) is 1. The zero-order chi connectivity index (χ0) is 9.97. The summed E-state index contributed by atoms with van der Waals surface area (Å²) in [6, 6.07) is 1.82. The number of alkyl halides is 1. The number of hydrogen-bond donors (Lipinski definition) is 1. The highest BCUT2D eigenvalue weighted by Crippen LogP contribution is 2.28. The lowest BCUT2D eigenvalue weighted by Gasteiger charge is -2.16. The number of anilines is 1. The molecule has 0 saturated heterocycles. The molecule has 1 aliphatic carbocycles. The molecule has 0 aromatic carbocycles. The monoisotopic (exact) mass is 258 g/mol. The third kappa shape index (κ3) is 2.05. The van der Waals surface area contributed by atoms with E-state index in [4.69, 9.17) is 0 Å². The predicted molar refractivity (Wildman–Crippen MR) is 58.1 cm³/mol. The molecule has 0 bridgehead atoms. The van der Waals surface area contributed by atoms with Gasteiger partial charge < -0.3 is 5.32 Å². The van der Waals surface area contributed by atoms with Crippen LogP contribution in [0, 0.1) is 0 Å². The summed E-state index contributed by atoms with van der Waals surface area (Å²) in [5.74, 6) is 0. The van der Waals surface area contributed by atoms with Gasteiger partial charge in [0, 0.05) is 12.4 Å². The minimum absolute atomic E-state index is 0.0336. The van der Waals surface area contributed by atoms with Gasteiger partial charge in [0.2, 0.25) is 0 Å². The zero-order valence-electron chi connectivity index (χ0n) is 7.71. The second-order valence-electron chi connectivity index (χ2n) is 3.55. The van der Waals surface area contributed by atoms with E-state index in [1.807, 2.05) is 6.07 Å². The fraction of sp³-hybridized carbons (Fsp3) is 0.500. The smallest absolute Gasteiger partial charge is 0.120 e. The van der Waals surface area contributed by atoms with Crippen molar-refractivity contribution in [2.75, 3.05) is 5.32 Å². The Morgan fingerprint density at radius 3 is 3.00 bits per heavy atom. The Hall–Kier alpha value is -0.640. The summed E-state index contributed by atoms with van der Waals surface area (Å²) in [5.41, 5.74) is 0.926. The highest BCUT2D eigenvalue weighted by Gasteiger charge is 2.26. The van der Waals surface area contributed by atoms with Crippen molar-refractivity contribution in [3.63, 3.8) is 0 Å². The fourth-order valence-electron chi connectivity index (χ4n) is 1.77. The Bertz CT molecular complexity index is 319. The zero-order valence-corrected chi connectivity index (χ0v) is 9.30. The van der Waals surface area contributed by atoms with Gasteiger partial charge in [-0.05, 0) is 41.3 Å². The molecule has 1 aromatic heterocycles. The van der Waals surface area contributed by atoms with Gasteiger partial charge in [-0.2, -0.15) is 0 Å². The molecule has 1 N–H and O–H groups in total. The molecule has 1 saturated carbocycles. The summed E-state index contributed by atoms with van der Waals surface area (Å²) in [6.45, 7) is 0. The van der Waals surface area contributed by atoms with E-state index in [0.717, 1.165) is 23.0 Å². The van der Waals surface area contributed by atoms with E-state index >= 15 is 0 Å². The molecule has 0 unspecified atom stereocenters. The molecule has 4 heteroatoms. The Morgan fingerprint density at radius 2 is 2.36 bits per heavy atom. The molecule has 0 aliphatic heterocycles. The number of nitrogens with one attached hydrogen (secondary N) is 1. The van der Waals surface area contributed by atoms with Crippen LogP contribution in [-0.4, -0.2) is 17.2 Å². The second-order valence-corrected chi connectivity index (χ2v) is 4.41. The molecular formula is C10H12BrFN2. The molecule has 2 atom stereocenters. The van der Waals surface area contributed by atoms with Crippen LogP contribution in [0.2, 0.25) is 0 Å². The lowest BCUT2D eigenvalue weighted by atomic mass is 10.2. The minimum Gasteiger partial charge on any atom is -0.378 e. The molecule has 2 rings (SSSR count). The Morgan fingerprint density at radius 1 is 1.50 bits per heavy atom. The molecule has 0 radical (unpaired) electrons. The molecule has 1 aliphatic rings. The van der Waals surface area contributed by atoms with E-state index in [9.17, 15) is 4.39 Å². The third-order valence-electron chi connectivity index (χ3n) is 2.54. The predicted octanol–water partition coefficient (Wildman–Crippen LogP) is 3.15. The van der Waals surface area contributed by atoms with E-state index in [1.54, 1.807) is 12.4 Å². The molecule has 2 nitrogen and oxygen atoms in total. The van der Waals surface area contributed by atoms with Crippen LogP contribution >= 0.6 is 15.9 Å². The number of aromatic nitrogens is 1. The van der Waals surface area contributed by atoms with E-state index in [-0.39, 0.29) is 6.04 Å². The first-order valence-corrected chi connectivity index (χ1v) is 5.57. The summed E-state index contributed by atoms with van der Waals surface area (Å²) < 4.78 is 14.2. The fourth-order valence-corrected chi connectivity index (χ4v) is 2.13. The van der Waals surface area contributed by atoms with E-state index in [0.29, 0.717) is 6.42 Å². The van der Waals surface area contributed by atoms with Crippen molar-refractivity contribution in [3.05, 3.63) is 22.9 Å². The Labute approximate surface area is 91.1 Å². The van der Waals surface area contributed by atoms with Crippen molar-refractivity contribution in [2.45, 2.75) is 31.5 Å². The first kappa shape index (κ1) is 9.90. The maximum atomic E-state index is 13.3. The largest absolute Gasteiger partial charge is 0.378 e. The van der Waals surface area contributed by atoms with Crippen LogP contribution < -0.4 is 5.32 Å². The van der Waals surface area contributed by atoms with Crippen LogP contribution in [0.3, 0.4) is 0 Å². The standard InChI is InChI=1S/C10H12BrFN2/c11-7-6-13-5-4-9(7)14-10-3-1-2-8(10)12/h4-6,8,10H,1-3H2,(H,13,14)/t8-,10+/m0/s1. The van der Waals surface area contributed by atoms with Gasteiger partial charge in [-0.3, -0.25) is 4.98 Å². The number of hydrogen-bond acceptors (Lipinski definition) is 2. The average Bonchev–Trinajstić information content (AvgIpc) is 2.56. The highest BCUT2D eigenvalue weighted by atomic mass is 79.9. The van der Waals surface area contributed by atoms with Gasteiger partial charge in [-0.15, -0.1) is 0 Å². The van der Waals surface area contributed by atoms with Crippen molar-refractivity contribution >= 4 is 21.6 Å². The second kappa shape index (κ2) is 4.26. The van der Waals surface area contributed by atoms with Gasteiger partial charge in [-0.1, -0.05) is 0 Å². The minimum atomic E-state index is -0.713. The van der Waals surface area contributed by atoms with Crippen LogP contribution in [0.1, 0.15) is 19.3 Å². The van der Waals surface area contributed by atoms with Crippen molar-refractivity contribution in [3.8, 4) is 0 Å². The summed E-state index contributed by atoms with van der Waals surface area (Å²) in [6.07, 6.45) is 5.27. The number of halogens is 2. The average molecular weight is 259 g/mol. The number of rotatable bonds is 2. The van der Waals surface area contributed by atoms with E-state index in [1.165, 1.54) is 0 Å². The maximum Gasteiger partial charge on any atom is 0.120 e. The molecule has 0 amide bonds. The van der Waals surface area contributed by atoms with Crippen molar-refractivity contribution < 1.29 is 4.39 Å². The van der Waals surface area contributed by atoms with Gasteiger partial charge in [-0.25, -0.2) is 4.39 Å². The topological polar surface area (TPSA) is 24.9 Å². The van der Waals surface area contributed by atoms with Crippen LogP contribution in [0.5, 0.6) is 0 Å². The van der Waals surface area contributed by atoms with Crippen LogP contribution in [0.25, 0.3) is 0 Å². The molecule has 1 fully saturated rings. The summed E-state index contributed by atoms with van der Waals surface area (Å²) in [4.78, 5) is 3.96. The summed E-state index contributed by atoms with van der Waals surface area (Å²) in [5, 5.41) is 3.20. The quantitative estimate of drug-likeness (QED) is 0.882. The molecule has 1 heterocycles. The van der Waals surface area contributed by atoms with Crippen LogP contribution in [0.15, 0.2) is 22.9 Å². The first-order valence-electron chi connectivity index (χ1n) is 4.77. The van der Waals surface area contributed by atoms with Crippen LogP contribution in [0.4, 0.5) is 10.1 Å². The summed E-state index contributed by atoms with van der Waals surface area (Å²) in [7, 11) is 0. The Kier molecular flexibility index (Phi) is 3.01. The van der Waals surface area contributed by atoms with Gasteiger partial charge in [0.25, 0.3) is 0 Å². The van der Waals surface area contributed by atoms with Gasteiger partial charge in [0.15, 0.2) is 0 Å². The molecule has 0 spiro atoms. The molecule has 76 valence electrons. The van der Waals surface area contributed by atoms with Gasteiger partial charge in [0.1, 0.15) is 6.17 Å². The normalized spacial score (nSPS) is 26.4. The molecule has 14 heavy (non-hydrogen) atoms. The SMILES string of the molecule is F[C@H]1CCC[C@H]1Nc1ccncc1Br. The highest BCUT2D eigenvalue weighted by molar-refractivity contribution is 9.10. The van der Waals surface area contributed by atoms with Crippen molar-refractivity contribution in [1.82, 2.24) is 4.98 Å². The first-order chi connectivity index (χ1) is 6.77. The van der Waals surface area contributed by atoms with Crippen LogP contribution in [-0.2, 0) is 0 Å². The number of pyridine rings is 1.